The van der Waals surface area contributed by atoms with Crippen LogP contribution in [0.3, 0.4) is 0 Å². The van der Waals surface area contributed by atoms with Crippen LogP contribution in [0.5, 0.6) is 0 Å². The van der Waals surface area contributed by atoms with Crippen LogP contribution in [-0.2, 0) is 9.53 Å². The van der Waals surface area contributed by atoms with E-state index in [9.17, 15) is 9.59 Å². The summed E-state index contributed by atoms with van der Waals surface area (Å²) in [5.41, 5.74) is 0.451. The smallest absolute Gasteiger partial charge is 0.417 e. The molecule has 4 rings (SSSR count). The number of anilines is 1. The highest BCUT2D eigenvalue weighted by molar-refractivity contribution is 6.02. The molecule has 28 heavy (non-hydrogen) atoms. The van der Waals surface area contributed by atoms with Crippen molar-refractivity contribution in [1.82, 2.24) is 29.9 Å². The molecule has 0 spiro atoms. The van der Waals surface area contributed by atoms with Crippen LogP contribution in [0.2, 0.25) is 0 Å². The monoisotopic (exact) mass is 381 g/mol. The average molecular weight is 381 g/mol. The van der Waals surface area contributed by atoms with Crippen molar-refractivity contribution in [2.24, 2.45) is 0 Å². The number of carbonyl (C=O) groups excluding carboxylic acids is 2. The average Bonchev–Trinajstić information content (AvgIpc) is 3.16. The molecule has 3 aromatic rings. The van der Waals surface area contributed by atoms with Crippen molar-refractivity contribution in [3.05, 3.63) is 36.5 Å². The molecule has 0 radical (unpaired) electrons. The molecule has 0 bridgehead atoms. The number of amides is 2. The zero-order chi connectivity index (χ0) is 19.9. The largest absolute Gasteiger partial charge is 0.433 e. The summed E-state index contributed by atoms with van der Waals surface area (Å²) in [5, 5.41) is 11.4. The van der Waals surface area contributed by atoms with Crippen molar-refractivity contribution in [3.8, 4) is 5.82 Å². The summed E-state index contributed by atoms with van der Waals surface area (Å²) in [6.45, 7) is 5.11. The minimum atomic E-state index is -1.14. The van der Waals surface area contributed by atoms with Gasteiger partial charge < -0.3 is 10.1 Å². The number of benzene rings is 1. The van der Waals surface area contributed by atoms with Crippen LogP contribution in [0, 0.1) is 0 Å². The van der Waals surface area contributed by atoms with E-state index in [1.807, 2.05) is 31.2 Å². The molecule has 1 atom stereocenters. The van der Waals surface area contributed by atoms with E-state index < -0.39 is 11.7 Å². The molecule has 3 heterocycles. The molecular formula is C18H19N7O3. The maximum absolute atomic E-state index is 12.3. The van der Waals surface area contributed by atoms with Gasteiger partial charge in [0, 0.05) is 18.3 Å². The van der Waals surface area contributed by atoms with E-state index in [1.54, 1.807) is 30.8 Å². The quantitative estimate of drug-likeness (QED) is 0.711. The molecule has 1 saturated heterocycles. The molecule has 10 nitrogen and oxygen atoms in total. The normalized spacial score (nSPS) is 17.0. The van der Waals surface area contributed by atoms with Gasteiger partial charge in [0.05, 0.1) is 12.1 Å². The van der Waals surface area contributed by atoms with Gasteiger partial charge in [0.2, 0.25) is 5.95 Å². The summed E-state index contributed by atoms with van der Waals surface area (Å²) in [6, 6.07) is 9.00. The minimum absolute atomic E-state index is 0.140. The SMILES string of the molecule is CC(CN1C(=O)OC(C)(C)C1=O)Nc1nccc(-n2nnc3ccccc32)n1. The highest BCUT2D eigenvalue weighted by Gasteiger charge is 2.47. The highest BCUT2D eigenvalue weighted by atomic mass is 16.6. The van der Waals surface area contributed by atoms with Crippen molar-refractivity contribution in [1.29, 1.82) is 0 Å². The molecule has 1 aromatic carbocycles. The number of aromatic nitrogens is 5. The second kappa shape index (κ2) is 6.55. The zero-order valence-corrected chi connectivity index (χ0v) is 15.7. The van der Waals surface area contributed by atoms with Crippen LogP contribution >= 0.6 is 0 Å². The number of hydrogen-bond donors (Lipinski definition) is 1. The first-order valence-corrected chi connectivity index (χ1v) is 8.80. The second-order valence-corrected chi connectivity index (χ2v) is 7.07. The van der Waals surface area contributed by atoms with Crippen LogP contribution in [0.25, 0.3) is 16.9 Å². The number of ether oxygens (including phenoxy) is 1. The fourth-order valence-corrected chi connectivity index (χ4v) is 3.00. The van der Waals surface area contributed by atoms with Crippen molar-refractivity contribution in [3.63, 3.8) is 0 Å². The number of imide groups is 1. The Hall–Kier alpha value is -3.56. The predicted molar refractivity (Wildman–Crippen MR) is 99.8 cm³/mol. The second-order valence-electron chi connectivity index (χ2n) is 7.07. The first-order chi connectivity index (χ1) is 13.3. The third-order valence-electron chi connectivity index (χ3n) is 4.36. The van der Waals surface area contributed by atoms with Gasteiger partial charge in [-0.1, -0.05) is 17.3 Å². The van der Waals surface area contributed by atoms with E-state index in [1.165, 1.54) is 0 Å². The first kappa shape index (κ1) is 17.8. The fraction of sp³-hybridized carbons (Fsp3) is 0.333. The molecule has 2 aromatic heterocycles. The number of carbonyl (C=O) groups is 2. The molecule has 10 heteroatoms. The van der Waals surface area contributed by atoms with Crippen LogP contribution in [0.1, 0.15) is 20.8 Å². The van der Waals surface area contributed by atoms with Gasteiger partial charge in [0.1, 0.15) is 5.52 Å². The van der Waals surface area contributed by atoms with Gasteiger partial charge in [-0.25, -0.2) is 14.7 Å². The zero-order valence-electron chi connectivity index (χ0n) is 15.7. The molecular weight excluding hydrogens is 362 g/mol. The molecule has 0 aliphatic carbocycles. The summed E-state index contributed by atoms with van der Waals surface area (Å²) in [7, 11) is 0. The van der Waals surface area contributed by atoms with Crippen LogP contribution in [-0.4, -0.2) is 60.0 Å². The molecule has 0 saturated carbocycles. The Morgan fingerprint density at radius 2 is 2.00 bits per heavy atom. The standard InChI is InChI=1S/C18H19N7O3/c1-11(10-24-15(26)18(2,3)28-17(24)27)20-16-19-9-8-14(21-16)25-13-7-5-4-6-12(13)22-23-25/h4-9,11H,10H2,1-3H3,(H,19,20,21). The summed E-state index contributed by atoms with van der Waals surface area (Å²) in [6.07, 6.45) is 0.957. The summed E-state index contributed by atoms with van der Waals surface area (Å²) >= 11 is 0. The van der Waals surface area contributed by atoms with E-state index >= 15 is 0 Å². The Labute approximate surface area is 160 Å². The molecule has 1 fully saturated rings. The Balaban J connectivity index is 1.51. The Morgan fingerprint density at radius 3 is 2.75 bits per heavy atom. The lowest BCUT2D eigenvalue weighted by atomic mass is 10.1. The lowest BCUT2D eigenvalue weighted by Gasteiger charge is -2.19. The number of nitrogens with one attached hydrogen (secondary N) is 1. The van der Waals surface area contributed by atoms with Crippen LogP contribution in [0.15, 0.2) is 36.5 Å². The summed E-state index contributed by atoms with van der Waals surface area (Å²) in [5.74, 6) is 0.537. The van der Waals surface area contributed by atoms with E-state index in [4.69, 9.17) is 4.74 Å². The first-order valence-electron chi connectivity index (χ1n) is 8.80. The number of fused-ring (bicyclic) bond motifs is 1. The molecule has 1 N–H and O–H groups in total. The van der Waals surface area contributed by atoms with E-state index in [-0.39, 0.29) is 18.5 Å². The minimum Gasteiger partial charge on any atom is -0.433 e. The molecule has 2 amide bonds. The Kier molecular flexibility index (Phi) is 4.17. The number of para-hydroxylation sites is 1. The predicted octanol–water partition coefficient (Wildman–Crippen LogP) is 1.77. The van der Waals surface area contributed by atoms with Gasteiger partial charge in [-0.2, -0.15) is 9.67 Å². The fourth-order valence-electron chi connectivity index (χ4n) is 3.00. The number of nitrogens with zero attached hydrogens (tertiary/aromatic N) is 6. The lowest BCUT2D eigenvalue weighted by Crippen LogP contribution is -2.41. The van der Waals surface area contributed by atoms with Gasteiger partial charge in [-0.3, -0.25) is 4.79 Å². The highest BCUT2D eigenvalue weighted by Crippen LogP contribution is 2.23. The van der Waals surface area contributed by atoms with Crippen molar-refractivity contribution < 1.29 is 14.3 Å². The Morgan fingerprint density at radius 1 is 1.21 bits per heavy atom. The lowest BCUT2D eigenvalue weighted by molar-refractivity contribution is -0.134. The molecule has 1 aliphatic heterocycles. The third-order valence-corrected chi connectivity index (χ3v) is 4.36. The van der Waals surface area contributed by atoms with E-state index in [0.717, 1.165) is 15.9 Å². The van der Waals surface area contributed by atoms with Crippen molar-refractivity contribution in [2.75, 3.05) is 11.9 Å². The van der Waals surface area contributed by atoms with Crippen molar-refractivity contribution in [2.45, 2.75) is 32.4 Å². The van der Waals surface area contributed by atoms with E-state index in [2.05, 4.69) is 25.6 Å². The van der Waals surface area contributed by atoms with E-state index in [0.29, 0.717) is 11.8 Å². The van der Waals surface area contributed by atoms with Gasteiger partial charge in [-0.15, -0.1) is 5.10 Å². The molecule has 1 unspecified atom stereocenters. The van der Waals surface area contributed by atoms with Gasteiger partial charge >= 0.3 is 6.09 Å². The van der Waals surface area contributed by atoms with Gasteiger partial charge in [0.25, 0.3) is 5.91 Å². The third kappa shape index (κ3) is 3.13. The Bertz CT molecular complexity index is 1060. The maximum atomic E-state index is 12.3. The van der Waals surface area contributed by atoms with Gasteiger partial charge in [-0.05, 0) is 32.9 Å². The molecule has 1 aliphatic rings. The number of hydrogen-bond acceptors (Lipinski definition) is 8. The van der Waals surface area contributed by atoms with Crippen molar-refractivity contribution >= 4 is 29.0 Å². The van der Waals surface area contributed by atoms with Gasteiger partial charge in [0.15, 0.2) is 11.4 Å². The molecule has 144 valence electrons. The number of cyclic esters (lactones) is 1. The topological polar surface area (TPSA) is 115 Å². The maximum Gasteiger partial charge on any atom is 0.417 e. The summed E-state index contributed by atoms with van der Waals surface area (Å²) < 4.78 is 6.72. The van der Waals surface area contributed by atoms with Crippen LogP contribution in [0.4, 0.5) is 10.7 Å². The van der Waals surface area contributed by atoms with Crippen LogP contribution < -0.4 is 5.32 Å². The summed E-state index contributed by atoms with van der Waals surface area (Å²) in [4.78, 5) is 34.0. The number of rotatable bonds is 5.